The zero-order chi connectivity index (χ0) is 20.5. The Kier molecular flexibility index (Phi) is 11.4. The number of likely N-dealkylation sites (N-methyl/N-ethyl adjacent to an activating group) is 1. The Morgan fingerprint density at radius 3 is 2.59 bits per heavy atom. The van der Waals surface area contributed by atoms with Crippen LogP contribution in [0.1, 0.15) is 24.0 Å². The van der Waals surface area contributed by atoms with E-state index in [0.717, 1.165) is 37.5 Å². The van der Waals surface area contributed by atoms with E-state index in [1.807, 2.05) is 25.1 Å². The summed E-state index contributed by atoms with van der Waals surface area (Å²) in [4.78, 5) is 19.9. The number of likely N-dealkylation sites (tertiary alicyclic amines) is 1. The van der Waals surface area contributed by atoms with Crippen LogP contribution in [0.25, 0.3) is 0 Å². The fraction of sp³-hybridized carbons (Fsp3) is 0.600. The average molecular weight is 520 g/mol. The maximum Gasteiger partial charge on any atom is 0.233 e. The van der Waals surface area contributed by atoms with Crippen LogP contribution in [0.2, 0.25) is 0 Å². The predicted octanol–water partition coefficient (Wildman–Crippen LogP) is 1.38. The number of nitrogens with one attached hydrogen (secondary N) is 3. The van der Waals surface area contributed by atoms with Crippen molar-refractivity contribution in [1.29, 1.82) is 0 Å². The van der Waals surface area contributed by atoms with Gasteiger partial charge in [0.2, 0.25) is 5.91 Å². The van der Waals surface area contributed by atoms with Gasteiger partial charge in [-0.05, 0) is 44.6 Å². The summed E-state index contributed by atoms with van der Waals surface area (Å²) in [7, 11) is 7.27. The number of carbonyl (C=O) groups excluding carboxylic acids is 1. The van der Waals surface area contributed by atoms with Crippen molar-refractivity contribution >= 4 is 35.8 Å². The van der Waals surface area contributed by atoms with Gasteiger partial charge in [-0.1, -0.05) is 6.07 Å². The third kappa shape index (κ3) is 8.83. The Morgan fingerprint density at radius 2 is 2.00 bits per heavy atom. The Labute approximate surface area is 190 Å². The quantitative estimate of drug-likeness (QED) is 0.288. The molecule has 0 aromatic heterocycles. The van der Waals surface area contributed by atoms with Crippen LogP contribution in [0.15, 0.2) is 23.2 Å². The van der Waals surface area contributed by atoms with Crippen molar-refractivity contribution in [2.24, 2.45) is 4.99 Å². The predicted molar refractivity (Wildman–Crippen MR) is 126 cm³/mol. The summed E-state index contributed by atoms with van der Waals surface area (Å²) < 4.78 is 13.9. The first-order valence-electron chi connectivity index (χ1n) is 9.73. The van der Waals surface area contributed by atoms with Gasteiger partial charge in [0.25, 0.3) is 0 Å². The zero-order valence-electron chi connectivity index (χ0n) is 17.8. The maximum absolute atomic E-state index is 13.9. The van der Waals surface area contributed by atoms with Gasteiger partial charge in [-0.2, -0.15) is 0 Å². The summed E-state index contributed by atoms with van der Waals surface area (Å²) >= 11 is 0. The minimum Gasteiger partial charge on any atom is -0.358 e. The van der Waals surface area contributed by atoms with Gasteiger partial charge in [0, 0.05) is 51.9 Å². The van der Waals surface area contributed by atoms with Crippen molar-refractivity contribution in [2.75, 3.05) is 47.8 Å². The van der Waals surface area contributed by atoms with Gasteiger partial charge in [-0.25, -0.2) is 4.39 Å². The number of halogens is 2. The third-order valence-corrected chi connectivity index (χ3v) is 4.85. The first-order valence-corrected chi connectivity index (χ1v) is 9.73. The minimum absolute atomic E-state index is 0. The summed E-state index contributed by atoms with van der Waals surface area (Å²) in [5.74, 6) is 0.614. The summed E-state index contributed by atoms with van der Waals surface area (Å²) in [6.45, 7) is 3.37. The minimum atomic E-state index is -0.177. The van der Waals surface area contributed by atoms with Crippen molar-refractivity contribution < 1.29 is 9.18 Å². The van der Waals surface area contributed by atoms with Crippen LogP contribution in [-0.4, -0.2) is 75.5 Å². The number of carbonyl (C=O) groups is 1. The number of benzene rings is 1. The lowest BCUT2D eigenvalue weighted by atomic mass is 10.1. The number of guanidine groups is 1. The Hall–Kier alpha value is -1.46. The molecule has 0 unspecified atom stereocenters. The molecule has 2 rings (SSSR count). The van der Waals surface area contributed by atoms with Crippen LogP contribution >= 0.6 is 24.0 Å². The largest absolute Gasteiger partial charge is 0.358 e. The Morgan fingerprint density at radius 1 is 1.31 bits per heavy atom. The van der Waals surface area contributed by atoms with Gasteiger partial charge in [0.1, 0.15) is 5.82 Å². The molecule has 1 aliphatic rings. The van der Waals surface area contributed by atoms with Crippen LogP contribution in [0, 0.1) is 5.82 Å². The molecule has 0 radical (unpaired) electrons. The van der Waals surface area contributed by atoms with E-state index in [-0.39, 0.29) is 35.7 Å². The molecule has 1 heterocycles. The standard InChI is InChI=1S/C20H33FN6O.HI/c1-22-19(28)14-27-9-7-17(8-10-27)25-20(23-2)24-12-15-5-6-18(21)16(11-15)13-26(3)4;/h5-6,11,17H,7-10,12-14H2,1-4H3,(H,22,28)(H2,23,24,25);1H. The molecule has 1 amide bonds. The number of rotatable bonds is 7. The number of amides is 1. The van der Waals surface area contributed by atoms with E-state index in [2.05, 4.69) is 25.8 Å². The monoisotopic (exact) mass is 520 g/mol. The van der Waals surface area contributed by atoms with Crippen molar-refractivity contribution in [3.63, 3.8) is 0 Å². The van der Waals surface area contributed by atoms with Crippen LogP contribution in [0.5, 0.6) is 0 Å². The normalized spacial score (nSPS) is 15.7. The smallest absolute Gasteiger partial charge is 0.233 e. The van der Waals surface area contributed by atoms with Crippen LogP contribution in [0.3, 0.4) is 0 Å². The highest BCUT2D eigenvalue weighted by Gasteiger charge is 2.21. The van der Waals surface area contributed by atoms with Gasteiger partial charge in [-0.3, -0.25) is 14.7 Å². The summed E-state index contributed by atoms with van der Waals surface area (Å²) in [5.41, 5.74) is 1.71. The molecule has 0 saturated carbocycles. The lowest BCUT2D eigenvalue weighted by Crippen LogP contribution is -2.49. The lowest BCUT2D eigenvalue weighted by Gasteiger charge is -2.32. The maximum atomic E-state index is 13.9. The van der Waals surface area contributed by atoms with Crippen molar-refractivity contribution in [2.45, 2.75) is 32.0 Å². The van der Waals surface area contributed by atoms with Crippen LogP contribution in [0.4, 0.5) is 4.39 Å². The molecule has 0 aliphatic carbocycles. The molecule has 7 nitrogen and oxygen atoms in total. The Balaban J connectivity index is 0.00000420. The van der Waals surface area contributed by atoms with E-state index in [1.54, 1.807) is 20.2 Å². The highest BCUT2D eigenvalue weighted by Crippen LogP contribution is 2.13. The summed E-state index contributed by atoms with van der Waals surface area (Å²) in [6, 6.07) is 5.54. The second-order valence-corrected chi connectivity index (χ2v) is 7.46. The molecule has 29 heavy (non-hydrogen) atoms. The first-order chi connectivity index (χ1) is 13.4. The molecular weight excluding hydrogens is 486 g/mol. The van der Waals surface area contributed by atoms with E-state index in [1.165, 1.54) is 6.07 Å². The fourth-order valence-electron chi connectivity index (χ4n) is 3.29. The molecule has 1 aromatic carbocycles. The molecule has 1 aromatic rings. The number of nitrogens with zero attached hydrogens (tertiary/aromatic N) is 3. The summed E-state index contributed by atoms with van der Waals surface area (Å²) in [5, 5.41) is 9.43. The van der Waals surface area contributed by atoms with E-state index in [0.29, 0.717) is 31.2 Å². The van der Waals surface area contributed by atoms with Gasteiger partial charge in [0.15, 0.2) is 5.96 Å². The van der Waals surface area contributed by atoms with E-state index < -0.39 is 0 Å². The summed E-state index contributed by atoms with van der Waals surface area (Å²) in [6.07, 6.45) is 1.92. The van der Waals surface area contributed by atoms with Gasteiger partial charge >= 0.3 is 0 Å². The number of aliphatic imine (C=N–C) groups is 1. The Bertz CT molecular complexity index is 677. The van der Waals surface area contributed by atoms with Crippen LogP contribution in [-0.2, 0) is 17.9 Å². The lowest BCUT2D eigenvalue weighted by molar-refractivity contribution is -0.122. The van der Waals surface area contributed by atoms with Crippen molar-refractivity contribution in [3.05, 3.63) is 35.1 Å². The van der Waals surface area contributed by atoms with E-state index in [9.17, 15) is 9.18 Å². The van der Waals surface area contributed by atoms with Gasteiger partial charge in [0.05, 0.1) is 6.54 Å². The molecular formula is C20H34FIN6O. The average Bonchev–Trinajstić information content (AvgIpc) is 2.68. The second-order valence-electron chi connectivity index (χ2n) is 7.46. The first kappa shape index (κ1) is 25.6. The number of hydrogen-bond acceptors (Lipinski definition) is 4. The number of hydrogen-bond donors (Lipinski definition) is 3. The highest BCUT2D eigenvalue weighted by molar-refractivity contribution is 14.0. The molecule has 9 heteroatoms. The van der Waals surface area contributed by atoms with E-state index >= 15 is 0 Å². The SMILES string of the molecule is CN=C(NCc1ccc(F)c(CN(C)C)c1)NC1CCN(CC(=O)NC)CC1.I. The highest BCUT2D eigenvalue weighted by atomic mass is 127. The molecule has 164 valence electrons. The molecule has 0 bridgehead atoms. The van der Waals surface area contributed by atoms with Gasteiger partial charge < -0.3 is 20.9 Å². The fourth-order valence-corrected chi connectivity index (χ4v) is 3.29. The molecule has 1 fully saturated rings. The topological polar surface area (TPSA) is 72.0 Å². The zero-order valence-corrected chi connectivity index (χ0v) is 20.1. The third-order valence-electron chi connectivity index (χ3n) is 4.85. The molecule has 1 saturated heterocycles. The van der Waals surface area contributed by atoms with Crippen molar-refractivity contribution in [3.8, 4) is 0 Å². The van der Waals surface area contributed by atoms with Crippen LogP contribution < -0.4 is 16.0 Å². The van der Waals surface area contributed by atoms with E-state index in [4.69, 9.17) is 0 Å². The van der Waals surface area contributed by atoms with Gasteiger partial charge in [-0.15, -0.1) is 24.0 Å². The molecule has 1 aliphatic heterocycles. The second kappa shape index (κ2) is 13.0. The molecule has 3 N–H and O–H groups in total. The number of piperidine rings is 1. The van der Waals surface area contributed by atoms with Crippen molar-refractivity contribution in [1.82, 2.24) is 25.8 Å². The molecule has 0 atom stereocenters. The molecule has 0 spiro atoms.